The molecule has 3 aromatic heterocycles. The number of nitrogens with zero attached hydrogens (tertiary/aromatic N) is 6. The highest BCUT2D eigenvalue weighted by Crippen LogP contribution is 2.24. The molecule has 0 amide bonds. The fourth-order valence-corrected chi connectivity index (χ4v) is 3.57. The summed E-state index contributed by atoms with van der Waals surface area (Å²) in [7, 11) is 0. The van der Waals surface area contributed by atoms with Crippen molar-refractivity contribution in [2.75, 3.05) is 36.0 Å². The van der Waals surface area contributed by atoms with Crippen molar-refractivity contribution in [3.63, 3.8) is 0 Å². The van der Waals surface area contributed by atoms with Crippen molar-refractivity contribution < 1.29 is 0 Å². The van der Waals surface area contributed by atoms with Gasteiger partial charge in [0.05, 0.1) is 11.9 Å². The number of pyridine rings is 1. The van der Waals surface area contributed by atoms with Crippen LogP contribution in [0, 0.1) is 6.92 Å². The standard InChI is InChI=1S/C14H16N6S/c1-11-10-20-13(16-11)21-14(17-20)19-8-6-18(7-9-19)12-4-2-3-5-15-12/h2-5,10H,6-9H2,1H3. The molecule has 1 aliphatic rings. The Labute approximate surface area is 126 Å². The second-order valence-electron chi connectivity index (χ2n) is 5.16. The van der Waals surface area contributed by atoms with Gasteiger partial charge in [-0.2, -0.15) is 0 Å². The van der Waals surface area contributed by atoms with Crippen LogP contribution in [0.5, 0.6) is 0 Å². The average Bonchev–Trinajstić information content (AvgIpc) is 3.06. The lowest BCUT2D eigenvalue weighted by atomic mass is 10.3. The quantitative estimate of drug-likeness (QED) is 0.722. The van der Waals surface area contributed by atoms with Gasteiger partial charge in [0.2, 0.25) is 10.1 Å². The number of aryl methyl sites for hydroxylation is 1. The molecule has 1 saturated heterocycles. The largest absolute Gasteiger partial charge is 0.353 e. The highest BCUT2D eigenvalue weighted by atomic mass is 32.1. The summed E-state index contributed by atoms with van der Waals surface area (Å²) in [4.78, 5) is 14.5. The Morgan fingerprint density at radius 2 is 1.90 bits per heavy atom. The molecule has 3 aromatic rings. The summed E-state index contributed by atoms with van der Waals surface area (Å²) in [5, 5.41) is 5.67. The van der Waals surface area contributed by atoms with E-state index in [0.717, 1.165) is 47.8 Å². The van der Waals surface area contributed by atoms with Gasteiger partial charge in [-0.3, -0.25) is 0 Å². The minimum absolute atomic E-state index is 0.965. The summed E-state index contributed by atoms with van der Waals surface area (Å²) in [6.45, 7) is 5.86. The van der Waals surface area contributed by atoms with Crippen molar-refractivity contribution in [2.24, 2.45) is 0 Å². The minimum atomic E-state index is 0.965. The summed E-state index contributed by atoms with van der Waals surface area (Å²) < 4.78 is 1.88. The lowest BCUT2D eigenvalue weighted by Gasteiger charge is -2.34. The maximum absolute atomic E-state index is 4.62. The summed E-state index contributed by atoms with van der Waals surface area (Å²) in [5.41, 5.74) is 1.01. The van der Waals surface area contributed by atoms with Crippen LogP contribution in [0.3, 0.4) is 0 Å². The van der Waals surface area contributed by atoms with E-state index in [0.29, 0.717) is 0 Å². The lowest BCUT2D eigenvalue weighted by molar-refractivity contribution is 0.642. The highest BCUT2D eigenvalue weighted by molar-refractivity contribution is 7.20. The molecule has 6 nitrogen and oxygen atoms in total. The van der Waals surface area contributed by atoms with Crippen molar-refractivity contribution in [2.45, 2.75) is 6.92 Å². The van der Waals surface area contributed by atoms with E-state index in [4.69, 9.17) is 0 Å². The highest BCUT2D eigenvalue weighted by Gasteiger charge is 2.21. The molecular formula is C14H16N6S. The molecule has 0 unspecified atom stereocenters. The lowest BCUT2D eigenvalue weighted by Crippen LogP contribution is -2.46. The maximum atomic E-state index is 4.62. The molecule has 21 heavy (non-hydrogen) atoms. The Bertz CT molecular complexity index is 710. The van der Waals surface area contributed by atoms with E-state index >= 15 is 0 Å². The number of imidazole rings is 1. The Kier molecular flexibility index (Phi) is 2.99. The SMILES string of the molecule is Cc1cn2nc(N3CCN(c4ccccn4)CC3)sc2n1. The Hall–Kier alpha value is -2.15. The van der Waals surface area contributed by atoms with Gasteiger partial charge in [-0.15, -0.1) is 5.10 Å². The van der Waals surface area contributed by atoms with E-state index in [-0.39, 0.29) is 0 Å². The van der Waals surface area contributed by atoms with Crippen molar-refractivity contribution in [1.29, 1.82) is 0 Å². The monoisotopic (exact) mass is 300 g/mol. The van der Waals surface area contributed by atoms with Crippen molar-refractivity contribution >= 4 is 27.2 Å². The van der Waals surface area contributed by atoms with Gasteiger partial charge in [-0.05, 0) is 19.1 Å². The first kappa shape index (κ1) is 12.6. The van der Waals surface area contributed by atoms with Crippen LogP contribution < -0.4 is 9.80 Å². The topological polar surface area (TPSA) is 49.6 Å². The van der Waals surface area contributed by atoms with Gasteiger partial charge in [0, 0.05) is 32.4 Å². The molecule has 0 saturated carbocycles. The zero-order valence-electron chi connectivity index (χ0n) is 11.8. The van der Waals surface area contributed by atoms with E-state index in [1.807, 2.05) is 36.0 Å². The van der Waals surface area contributed by atoms with Crippen LogP contribution in [0.1, 0.15) is 5.69 Å². The number of anilines is 2. The Balaban J connectivity index is 1.48. The molecule has 0 aliphatic carbocycles. The molecule has 0 bridgehead atoms. The second kappa shape index (κ2) is 5.00. The molecule has 4 rings (SSSR count). The van der Waals surface area contributed by atoms with E-state index in [1.54, 1.807) is 11.3 Å². The summed E-state index contributed by atoms with van der Waals surface area (Å²) in [5.74, 6) is 1.06. The third-order valence-corrected chi connectivity index (χ3v) is 4.66. The summed E-state index contributed by atoms with van der Waals surface area (Å²) >= 11 is 1.65. The predicted molar refractivity (Wildman–Crippen MR) is 84.3 cm³/mol. The van der Waals surface area contributed by atoms with E-state index in [2.05, 4.69) is 30.9 Å². The molecule has 4 heterocycles. The van der Waals surface area contributed by atoms with Crippen molar-refractivity contribution in [3.05, 3.63) is 36.3 Å². The molecule has 0 radical (unpaired) electrons. The zero-order chi connectivity index (χ0) is 14.2. The number of hydrogen-bond acceptors (Lipinski definition) is 6. The van der Waals surface area contributed by atoms with Crippen molar-refractivity contribution in [1.82, 2.24) is 19.6 Å². The number of aromatic nitrogens is 4. The molecule has 0 aromatic carbocycles. The average molecular weight is 300 g/mol. The molecule has 0 N–H and O–H groups in total. The first-order valence-electron chi connectivity index (χ1n) is 7.03. The fourth-order valence-electron chi connectivity index (χ4n) is 2.59. The molecule has 108 valence electrons. The molecule has 0 atom stereocenters. The van der Waals surface area contributed by atoms with Crippen LogP contribution >= 0.6 is 11.3 Å². The third-order valence-electron chi connectivity index (χ3n) is 3.68. The van der Waals surface area contributed by atoms with Gasteiger partial charge in [-0.1, -0.05) is 17.4 Å². The third kappa shape index (κ3) is 2.33. The smallest absolute Gasteiger partial charge is 0.214 e. The predicted octanol–water partition coefficient (Wildman–Crippen LogP) is 1.82. The molecule has 7 heteroatoms. The minimum Gasteiger partial charge on any atom is -0.353 e. The van der Waals surface area contributed by atoms with E-state index in [9.17, 15) is 0 Å². The summed E-state index contributed by atoms with van der Waals surface area (Å²) in [6, 6.07) is 6.05. The number of rotatable bonds is 2. The zero-order valence-corrected chi connectivity index (χ0v) is 12.6. The van der Waals surface area contributed by atoms with Crippen LogP contribution in [0.15, 0.2) is 30.6 Å². The second-order valence-corrected chi connectivity index (χ2v) is 6.09. The number of fused-ring (bicyclic) bond motifs is 1. The molecule has 0 spiro atoms. The van der Waals surface area contributed by atoms with E-state index < -0.39 is 0 Å². The Morgan fingerprint density at radius 1 is 1.10 bits per heavy atom. The first-order valence-corrected chi connectivity index (χ1v) is 7.85. The van der Waals surface area contributed by atoms with Gasteiger partial charge < -0.3 is 9.80 Å². The fraction of sp³-hybridized carbons (Fsp3) is 0.357. The van der Waals surface area contributed by atoms with Gasteiger partial charge in [-0.25, -0.2) is 14.5 Å². The van der Waals surface area contributed by atoms with Crippen LogP contribution in [-0.2, 0) is 0 Å². The van der Waals surface area contributed by atoms with Crippen LogP contribution in [0.2, 0.25) is 0 Å². The normalized spacial score (nSPS) is 15.9. The van der Waals surface area contributed by atoms with Crippen molar-refractivity contribution in [3.8, 4) is 0 Å². The Morgan fingerprint density at radius 3 is 2.62 bits per heavy atom. The molecular weight excluding hydrogens is 284 g/mol. The number of piperazine rings is 1. The van der Waals surface area contributed by atoms with Crippen LogP contribution in [0.4, 0.5) is 10.9 Å². The molecule has 1 fully saturated rings. The van der Waals surface area contributed by atoms with Gasteiger partial charge >= 0.3 is 0 Å². The van der Waals surface area contributed by atoms with Gasteiger partial charge in [0.1, 0.15) is 5.82 Å². The number of hydrogen-bond donors (Lipinski definition) is 0. The van der Waals surface area contributed by atoms with E-state index in [1.165, 1.54) is 0 Å². The first-order chi connectivity index (χ1) is 10.3. The van der Waals surface area contributed by atoms with Gasteiger partial charge in [0.25, 0.3) is 0 Å². The maximum Gasteiger partial charge on any atom is 0.214 e. The van der Waals surface area contributed by atoms with Crippen LogP contribution in [0.25, 0.3) is 4.96 Å². The van der Waals surface area contributed by atoms with Crippen LogP contribution in [-0.4, -0.2) is 45.8 Å². The summed E-state index contributed by atoms with van der Waals surface area (Å²) in [6.07, 6.45) is 3.82. The molecule has 1 aliphatic heterocycles. The van der Waals surface area contributed by atoms with Gasteiger partial charge in [0.15, 0.2) is 0 Å².